The summed E-state index contributed by atoms with van der Waals surface area (Å²) in [6.45, 7) is 0. The SMILES string of the molecule is COc1ccc(C=C(Cl)c2nc3ccc([N+](=O)[O-])cc3[nH]2)cc1O. The van der Waals surface area contributed by atoms with E-state index in [9.17, 15) is 15.2 Å². The van der Waals surface area contributed by atoms with Crippen LogP contribution in [0.15, 0.2) is 36.4 Å². The maximum Gasteiger partial charge on any atom is 0.271 e. The second kappa shape index (κ2) is 6.21. The zero-order valence-electron chi connectivity index (χ0n) is 12.5. The fourth-order valence-corrected chi connectivity index (χ4v) is 2.45. The van der Waals surface area contributed by atoms with Gasteiger partial charge in [0.05, 0.1) is 28.1 Å². The summed E-state index contributed by atoms with van der Waals surface area (Å²) in [6, 6.07) is 9.19. The van der Waals surface area contributed by atoms with Gasteiger partial charge in [0.2, 0.25) is 0 Å². The molecule has 8 heteroatoms. The van der Waals surface area contributed by atoms with Gasteiger partial charge >= 0.3 is 0 Å². The van der Waals surface area contributed by atoms with Gasteiger partial charge in [-0.05, 0) is 29.8 Å². The van der Waals surface area contributed by atoms with Crippen LogP contribution in [0.1, 0.15) is 11.4 Å². The van der Waals surface area contributed by atoms with Crippen molar-refractivity contribution in [2.24, 2.45) is 0 Å². The number of nitrogens with zero attached hydrogens (tertiary/aromatic N) is 2. The van der Waals surface area contributed by atoms with E-state index in [0.29, 0.717) is 33.2 Å². The van der Waals surface area contributed by atoms with Gasteiger partial charge in [-0.15, -0.1) is 0 Å². The highest BCUT2D eigenvalue weighted by Gasteiger charge is 2.11. The number of hydrogen-bond donors (Lipinski definition) is 2. The van der Waals surface area contributed by atoms with E-state index in [1.54, 1.807) is 24.3 Å². The topological polar surface area (TPSA) is 101 Å². The van der Waals surface area contributed by atoms with E-state index in [4.69, 9.17) is 16.3 Å². The summed E-state index contributed by atoms with van der Waals surface area (Å²) < 4.78 is 4.98. The normalized spacial score (nSPS) is 11.7. The minimum Gasteiger partial charge on any atom is -0.504 e. The molecule has 1 heterocycles. The van der Waals surface area contributed by atoms with Crippen molar-refractivity contribution < 1.29 is 14.8 Å². The number of phenolic OH excluding ortho intramolecular Hbond substituents is 1. The van der Waals surface area contributed by atoms with E-state index >= 15 is 0 Å². The Bertz CT molecular complexity index is 965. The summed E-state index contributed by atoms with van der Waals surface area (Å²) in [5.74, 6) is 0.734. The molecule has 0 unspecified atom stereocenters. The number of aromatic hydroxyl groups is 1. The molecule has 0 amide bonds. The molecule has 0 saturated heterocycles. The van der Waals surface area contributed by atoms with Crippen LogP contribution in [-0.4, -0.2) is 27.1 Å². The van der Waals surface area contributed by atoms with Crippen LogP contribution in [0.5, 0.6) is 11.5 Å². The molecule has 0 atom stereocenters. The Hall–Kier alpha value is -3.06. The first-order chi connectivity index (χ1) is 11.5. The van der Waals surface area contributed by atoms with Gasteiger partial charge in [0.15, 0.2) is 11.5 Å². The van der Waals surface area contributed by atoms with Crippen molar-refractivity contribution in [3.05, 3.63) is 57.9 Å². The molecule has 0 spiro atoms. The summed E-state index contributed by atoms with van der Waals surface area (Å²) in [6.07, 6.45) is 1.62. The van der Waals surface area contributed by atoms with E-state index in [1.165, 1.54) is 25.3 Å². The number of phenols is 1. The molecule has 0 aliphatic carbocycles. The van der Waals surface area contributed by atoms with Crippen molar-refractivity contribution >= 4 is 39.4 Å². The average molecular weight is 346 g/mol. The molecular formula is C16H12ClN3O4. The van der Waals surface area contributed by atoms with Crippen LogP contribution in [0, 0.1) is 10.1 Å². The van der Waals surface area contributed by atoms with Crippen molar-refractivity contribution in [1.82, 2.24) is 9.97 Å². The number of non-ortho nitro benzene ring substituents is 1. The molecule has 0 fully saturated rings. The number of H-pyrrole nitrogens is 1. The Kier molecular flexibility index (Phi) is 4.09. The number of hydrogen-bond acceptors (Lipinski definition) is 5. The van der Waals surface area contributed by atoms with Crippen LogP contribution < -0.4 is 4.74 Å². The molecule has 24 heavy (non-hydrogen) atoms. The summed E-state index contributed by atoms with van der Waals surface area (Å²) in [7, 11) is 1.46. The van der Waals surface area contributed by atoms with Gasteiger partial charge in [0.1, 0.15) is 5.82 Å². The predicted molar refractivity (Wildman–Crippen MR) is 91.1 cm³/mol. The Balaban J connectivity index is 1.96. The zero-order chi connectivity index (χ0) is 17.3. The molecule has 0 aliphatic heterocycles. The van der Waals surface area contributed by atoms with Gasteiger partial charge in [-0.2, -0.15) is 0 Å². The van der Waals surface area contributed by atoms with Crippen molar-refractivity contribution in [2.75, 3.05) is 7.11 Å². The number of ether oxygens (including phenoxy) is 1. The van der Waals surface area contributed by atoms with Crippen LogP contribution in [0.4, 0.5) is 5.69 Å². The summed E-state index contributed by atoms with van der Waals surface area (Å²) in [5.41, 5.74) is 1.71. The summed E-state index contributed by atoms with van der Waals surface area (Å²) in [5, 5.41) is 20.9. The van der Waals surface area contributed by atoms with Gasteiger partial charge in [-0.3, -0.25) is 10.1 Å². The number of nitro groups is 1. The van der Waals surface area contributed by atoms with Crippen LogP contribution in [0.25, 0.3) is 22.1 Å². The minimum atomic E-state index is -0.475. The number of nitrogens with one attached hydrogen (secondary N) is 1. The third-order valence-electron chi connectivity index (χ3n) is 3.40. The standard InChI is InChI=1S/C16H12ClN3O4/c1-24-15-5-2-9(7-14(15)21)6-11(17)16-18-12-4-3-10(20(22)23)8-13(12)19-16/h2-8,21H,1H3,(H,18,19). The highest BCUT2D eigenvalue weighted by molar-refractivity contribution is 6.50. The fourth-order valence-electron chi connectivity index (χ4n) is 2.24. The molecule has 0 bridgehead atoms. The van der Waals surface area contributed by atoms with Gasteiger partial charge < -0.3 is 14.8 Å². The number of imidazole rings is 1. The third-order valence-corrected chi connectivity index (χ3v) is 3.69. The molecule has 0 saturated carbocycles. The molecule has 2 N–H and O–H groups in total. The molecule has 0 aliphatic rings. The lowest BCUT2D eigenvalue weighted by molar-refractivity contribution is -0.384. The lowest BCUT2D eigenvalue weighted by Gasteiger charge is -2.03. The van der Waals surface area contributed by atoms with E-state index in [2.05, 4.69) is 9.97 Å². The molecule has 3 rings (SSSR count). The van der Waals surface area contributed by atoms with Crippen LogP contribution in [-0.2, 0) is 0 Å². The van der Waals surface area contributed by atoms with E-state index in [-0.39, 0.29) is 11.4 Å². The number of halogens is 1. The molecule has 0 radical (unpaired) electrons. The van der Waals surface area contributed by atoms with Gasteiger partial charge in [-0.1, -0.05) is 17.7 Å². The number of fused-ring (bicyclic) bond motifs is 1. The van der Waals surface area contributed by atoms with Crippen LogP contribution in [0.3, 0.4) is 0 Å². The molecule has 1 aromatic heterocycles. The Labute approximate surface area is 141 Å². The number of aromatic nitrogens is 2. The Morgan fingerprint density at radius 2 is 2.17 bits per heavy atom. The second-order valence-corrected chi connectivity index (χ2v) is 5.37. The first-order valence-corrected chi connectivity index (χ1v) is 7.24. The third kappa shape index (κ3) is 3.02. The highest BCUT2D eigenvalue weighted by atomic mass is 35.5. The molecule has 122 valence electrons. The fraction of sp³-hybridized carbons (Fsp3) is 0.0625. The number of methoxy groups -OCH3 is 1. The van der Waals surface area contributed by atoms with E-state index in [0.717, 1.165) is 0 Å². The number of nitro benzene ring substituents is 1. The Morgan fingerprint density at radius 1 is 1.38 bits per heavy atom. The zero-order valence-corrected chi connectivity index (χ0v) is 13.2. The monoisotopic (exact) mass is 345 g/mol. The Morgan fingerprint density at radius 3 is 2.83 bits per heavy atom. The number of rotatable bonds is 4. The largest absolute Gasteiger partial charge is 0.504 e. The first kappa shape index (κ1) is 15.8. The second-order valence-electron chi connectivity index (χ2n) is 4.97. The maximum absolute atomic E-state index is 10.8. The maximum atomic E-state index is 10.8. The van der Waals surface area contributed by atoms with Crippen molar-refractivity contribution in [1.29, 1.82) is 0 Å². The van der Waals surface area contributed by atoms with Gasteiger partial charge in [0.25, 0.3) is 5.69 Å². The van der Waals surface area contributed by atoms with Crippen molar-refractivity contribution in [3.8, 4) is 11.5 Å². The van der Waals surface area contributed by atoms with E-state index in [1.807, 2.05) is 0 Å². The molecular weight excluding hydrogens is 334 g/mol. The van der Waals surface area contributed by atoms with Crippen molar-refractivity contribution in [2.45, 2.75) is 0 Å². The predicted octanol–water partition coefficient (Wildman–Crippen LogP) is 3.92. The quantitative estimate of drug-likeness (QED) is 0.551. The summed E-state index contributed by atoms with van der Waals surface area (Å²) >= 11 is 6.26. The number of aromatic amines is 1. The van der Waals surface area contributed by atoms with Crippen molar-refractivity contribution in [3.63, 3.8) is 0 Å². The van der Waals surface area contributed by atoms with Gasteiger partial charge in [-0.25, -0.2) is 4.98 Å². The lowest BCUT2D eigenvalue weighted by atomic mass is 10.2. The summed E-state index contributed by atoms with van der Waals surface area (Å²) in [4.78, 5) is 17.6. The van der Waals surface area contributed by atoms with Crippen LogP contribution >= 0.6 is 11.6 Å². The van der Waals surface area contributed by atoms with Gasteiger partial charge in [0, 0.05) is 12.1 Å². The lowest BCUT2D eigenvalue weighted by Crippen LogP contribution is -1.86. The smallest absolute Gasteiger partial charge is 0.271 e. The molecule has 2 aromatic carbocycles. The minimum absolute atomic E-state index is 0.00375. The average Bonchev–Trinajstić information content (AvgIpc) is 2.98. The van der Waals surface area contributed by atoms with Crippen LogP contribution in [0.2, 0.25) is 0 Å². The molecule has 3 aromatic rings. The van der Waals surface area contributed by atoms with E-state index < -0.39 is 4.92 Å². The highest BCUT2D eigenvalue weighted by Crippen LogP contribution is 2.29. The molecule has 7 nitrogen and oxygen atoms in total. The number of benzene rings is 2. The first-order valence-electron chi connectivity index (χ1n) is 6.86.